The molecule has 170 valence electrons. The van der Waals surface area contributed by atoms with Gasteiger partial charge in [-0.2, -0.15) is 0 Å². The van der Waals surface area contributed by atoms with Crippen LogP contribution in [0.2, 0.25) is 0 Å². The molecular weight excluding hydrogens is 418 g/mol. The van der Waals surface area contributed by atoms with E-state index in [-0.39, 0.29) is 11.6 Å². The number of carbonyl (C=O) groups is 1. The first-order chi connectivity index (χ1) is 15.8. The van der Waals surface area contributed by atoms with Crippen molar-refractivity contribution in [2.24, 2.45) is 0 Å². The Hall–Kier alpha value is -3.94. The first-order valence-electron chi connectivity index (χ1n) is 10.8. The summed E-state index contributed by atoms with van der Waals surface area (Å²) in [5.74, 6) is 1.72. The number of hydrogen-bond acceptors (Lipinski definition) is 6. The van der Waals surface area contributed by atoms with Crippen molar-refractivity contribution in [1.29, 1.82) is 0 Å². The Morgan fingerprint density at radius 1 is 1.06 bits per heavy atom. The standard InChI is InChI=1S/C25H27N5O3/c1-6-32-21-9-7-19(8-10-21)25-27-22(18(5)33-25)14-30-17(4)23(28-29-30)24(31)26-20-12-15(2)11-16(3)13-20/h7-13H,6,14H2,1-5H3,(H,26,31). The lowest BCUT2D eigenvalue weighted by atomic mass is 10.1. The molecule has 0 radical (unpaired) electrons. The van der Waals surface area contributed by atoms with Gasteiger partial charge in [-0.1, -0.05) is 11.3 Å². The van der Waals surface area contributed by atoms with E-state index in [4.69, 9.17) is 9.15 Å². The summed E-state index contributed by atoms with van der Waals surface area (Å²) in [4.78, 5) is 17.4. The van der Waals surface area contributed by atoms with Crippen molar-refractivity contribution in [2.45, 2.75) is 41.2 Å². The molecule has 0 saturated carbocycles. The number of rotatable bonds is 7. The molecule has 4 rings (SSSR count). The monoisotopic (exact) mass is 445 g/mol. The molecule has 0 fully saturated rings. The highest BCUT2D eigenvalue weighted by molar-refractivity contribution is 6.03. The molecule has 0 aliphatic rings. The number of aryl methyl sites for hydroxylation is 3. The number of ether oxygens (including phenoxy) is 1. The third-order valence-corrected chi connectivity index (χ3v) is 5.28. The van der Waals surface area contributed by atoms with Crippen molar-refractivity contribution in [3.05, 3.63) is 76.4 Å². The quantitative estimate of drug-likeness (QED) is 0.436. The summed E-state index contributed by atoms with van der Waals surface area (Å²) in [6, 6.07) is 13.5. The Morgan fingerprint density at radius 2 is 1.76 bits per heavy atom. The molecule has 0 unspecified atom stereocenters. The van der Waals surface area contributed by atoms with Crippen LogP contribution in [0, 0.1) is 27.7 Å². The summed E-state index contributed by atoms with van der Waals surface area (Å²) < 4.78 is 13.0. The molecule has 8 heteroatoms. The summed E-state index contributed by atoms with van der Waals surface area (Å²) in [6.07, 6.45) is 0. The van der Waals surface area contributed by atoms with E-state index in [2.05, 4.69) is 26.7 Å². The van der Waals surface area contributed by atoms with Crippen molar-refractivity contribution in [3.8, 4) is 17.2 Å². The predicted octanol–water partition coefficient (Wildman–Crippen LogP) is 4.87. The van der Waals surface area contributed by atoms with E-state index in [9.17, 15) is 4.79 Å². The number of hydrogen-bond donors (Lipinski definition) is 1. The number of nitrogens with one attached hydrogen (secondary N) is 1. The lowest BCUT2D eigenvalue weighted by molar-refractivity contribution is 0.102. The van der Waals surface area contributed by atoms with Crippen LogP contribution in [0.1, 0.15) is 45.7 Å². The van der Waals surface area contributed by atoms with Gasteiger partial charge in [-0.3, -0.25) is 4.79 Å². The van der Waals surface area contributed by atoms with E-state index in [1.54, 1.807) is 4.68 Å². The van der Waals surface area contributed by atoms with Crippen molar-refractivity contribution >= 4 is 11.6 Å². The van der Waals surface area contributed by atoms with Gasteiger partial charge >= 0.3 is 0 Å². The van der Waals surface area contributed by atoms with Crippen molar-refractivity contribution in [3.63, 3.8) is 0 Å². The molecule has 4 aromatic rings. The number of amides is 1. The summed E-state index contributed by atoms with van der Waals surface area (Å²) in [7, 11) is 0. The fraction of sp³-hybridized carbons (Fsp3) is 0.280. The van der Waals surface area contributed by atoms with Gasteiger partial charge in [0.05, 0.1) is 18.8 Å². The molecule has 0 aliphatic carbocycles. The van der Waals surface area contributed by atoms with Crippen molar-refractivity contribution < 1.29 is 13.9 Å². The Bertz CT molecular complexity index is 1270. The Labute approximate surface area is 192 Å². The van der Waals surface area contributed by atoms with E-state index >= 15 is 0 Å². The molecule has 33 heavy (non-hydrogen) atoms. The Balaban J connectivity index is 1.50. The van der Waals surface area contributed by atoms with Crippen LogP contribution >= 0.6 is 0 Å². The van der Waals surface area contributed by atoms with E-state index in [0.29, 0.717) is 30.5 Å². The molecule has 1 amide bonds. The molecule has 0 aliphatic heterocycles. The van der Waals surface area contributed by atoms with Crippen LogP contribution in [0.15, 0.2) is 46.9 Å². The normalized spacial score (nSPS) is 10.9. The number of anilines is 1. The Morgan fingerprint density at radius 3 is 2.42 bits per heavy atom. The van der Waals surface area contributed by atoms with Crippen LogP contribution in [-0.4, -0.2) is 32.5 Å². The summed E-state index contributed by atoms with van der Waals surface area (Å²) in [5, 5.41) is 11.2. The zero-order chi connectivity index (χ0) is 23.5. The van der Waals surface area contributed by atoms with Crippen LogP contribution in [-0.2, 0) is 6.54 Å². The van der Waals surface area contributed by atoms with Crippen LogP contribution < -0.4 is 10.1 Å². The van der Waals surface area contributed by atoms with Gasteiger partial charge in [0.25, 0.3) is 5.91 Å². The minimum Gasteiger partial charge on any atom is -0.494 e. The third kappa shape index (κ3) is 4.95. The van der Waals surface area contributed by atoms with Gasteiger partial charge in [0.1, 0.15) is 17.2 Å². The van der Waals surface area contributed by atoms with Gasteiger partial charge in [0.15, 0.2) is 5.69 Å². The molecule has 2 aromatic carbocycles. The lowest BCUT2D eigenvalue weighted by Gasteiger charge is -2.07. The number of carbonyl (C=O) groups excluding carboxylic acids is 1. The third-order valence-electron chi connectivity index (χ3n) is 5.28. The first-order valence-corrected chi connectivity index (χ1v) is 10.8. The molecule has 0 saturated heterocycles. The minimum absolute atomic E-state index is 0.280. The second-order valence-corrected chi connectivity index (χ2v) is 7.99. The average Bonchev–Trinajstić information content (AvgIpc) is 3.31. The van der Waals surface area contributed by atoms with Crippen LogP contribution in [0.3, 0.4) is 0 Å². The topological polar surface area (TPSA) is 95.1 Å². The van der Waals surface area contributed by atoms with Crippen LogP contribution in [0.25, 0.3) is 11.5 Å². The van der Waals surface area contributed by atoms with Crippen molar-refractivity contribution in [1.82, 2.24) is 20.0 Å². The van der Waals surface area contributed by atoms with E-state index < -0.39 is 0 Å². The summed E-state index contributed by atoms with van der Waals surface area (Å²) in [6.45, 7) is 10.6. The van der Waals surface area contributed by atoms with E-state index in [0.717, 1.165) is 33.8 Å². The fourth-order valence-corrected chi connectivity index (χ4v) is 3.66. The number of benzene rings is 2. The second kappa shape index (κ2) is 9.28. The summed E-state index contributed by atoms with van der Waals surface area (Å²) >= 11 is 0. The minimum atomic E-state index is -0.296. The average molecular weight is 446 g/mol. The number of aromatic nitrogens is 4. The summed E-state index contributed by atoms with van der Waals surface area (Å²) in [5.41, 5.74) is 5.42. The molecule has 0 spiro atoms. The van der Waals surface area contributed by atoms with Crippen molar-refractivity contribution in [2.75, 3.05) is 11.9 Å². The Kier molecular flexibility index (Phi) is 6.26. The highest BCUT2D eigenvalue weighted by Crippen LogP contribution is 2.25. The number of nitrogens with zero attached hydrogens (tertiary/aromatic N) is 4. The predicted molar refractivity (Wildman–Crippen MR) is 126 cm³/mol. The van der Waals surface area contributed by atoms with Gasteiger partial charge < -0.3 is 14.5 Å². The van der Waals surface area contributed by atoms with Gasteiger partial charge in [0, 0.05) is 11.3 Å². The van der Waals surface area contributed by atoms with Gasteiger partial charge in [-0.05, 0) is 82.1 Å². The molecular formula is C25H27N5O3. The smallest absolute Gasteiger partial charge is 0.278 e. The number of oxazole rings is 1. The molecule has 2 heterocycles. The van der Waals surface area contributed by atoms with Gasteiger partial charge in [-0.15, -0.1) is 5.10 Å². The van der Waals surface area contributed by atoms with Crippen LogP contribution in [0.5, 0.6) is 5.75 Å². The molecule has 2 aromatic heterocycles. The second-order valence-electron chi connectivity index (χ2n) is 7.99. The lowest BCUT2D eigenvalue weighted by Crippen LogP contribution is -2.14. The zero-order valence-electron chi connectivity index (χ0n) is 19.5. The molecule has 0 atom stereocenters. The molecule has 8 nitrogen and oxygen atoms in total. The zero-order valence-corrected chi connectivity index (χ0v) is 19.5. The van der Waals surface area contributed by atoms with Crippen LogP contribution in [0.4, 0.5) is 5.69 Å². The largest absolute Gasteiger partial charge is 0.494 e. The van der Waals surface area contributed by atoms with E-state index in [1.807, 2.05) is 71.0 Å². The maximum Gasteiger partial charge on any atom is 0.278 e. The maximum atomic E-state index is 12.8. The first kappa shape index (κ1) is 22.3. The van der Waals surface area contributed by atoms with E-state index in [1.165, 1.54) is 0 Å². The SMILES string of the molecule is CCOc1ccc(-c2nc(Cn3nnc(C(=O)Nc4cc(C)cc(C)c4)c3C)c(C)o2)cc1. The highest BCUT2D eigenvalue weighted by Gasteiger charge is 2.19. The highest BCUT2D eigenvalue weighted by atomic mass is 16.5. The molecule has 0 bridgehead atoms. The fourth-order valence-electron chi connectivity index (χ4n) is 3.66. The van der Waals surface area contributed by atoms with Gasteiger partial charge in [-0.25, -0.2) is 9.67 Å². The van der Waals surface area contributed by atoms with Gasteiger partial charge in [0.2, 0.25) is 5.89 Å². The maximum absolute atomic E-state index is 12.8. The molecule has 1 N–H and O–H groups in total.